The molecule has 0 aliphatic carbocycles. The SMILES string of the molecule is O=C1C(=O)N(c2ccc(Cl)cc2)C(c2cccc3ccccc23)/C1=C(/O)c1ccc2ccccc2c1. The molecule has 1 saturated heterocycles. The number of aliphatic hydroxyl groups is 1. The van der Waals surface area contributed by atoms with E-state index in [4.69, 9.17) is 11.6 Å². The summed E-state index contributed by atoms with van der Waals surface area (Å²) in [5.41, 5.74) is 1.82. The Morgan fingerprint density at radius 3 is 2.17 bits per heavy atom. The zero-order chi connectivity index (χ0) is 24.8. The summed E-state index contributed by atoms with van der Waals surface area (Å²) < 4.78 is 0. The molecule has 1 aliphatic heterocycles. The minimum Gasteiger partial charge on any atom is -0.507 e. The Morgan fingerprint density at radius 2 is 1.39 bits per heavy atom. The third-order valence-corrected chi connectivity index (χ3v) is 6.94. The Hall–Kier alpha value is -4.41. The van der Waals surface area contributed by atoms with Crippen LogP contribution in [0.2, 0.25) is 5.02 Å². The van der Waals surface area contributed by atoms with E-state index in [0.717, 1.165) is 27.1 Å². The van der Waals surface area contributed by atoms with Crippen molar-refractivity contribution >= 4 is 56.3 Å². The van der Waals surface area contributed by atoms with Crippen molar-refractivity contribution in [3.63, 3.8) is 0 Å². The standard InChI is InChI=1S/C31H20ClNO3/c32-23-14-16-24(17-15-23)33-28(26-11-5-9-20-7-3-4-10-25(20)26)27(30(35)31(33)36)29(34)22-13-12-19-6-1-2-8-21(19)18-22/h1-18,28,34H/b29-27-. The van der Waals surface area contributed by atoms with Crippen molar-refractivity contribution in [3.8, 4) is 0 Å². The van der Waals surface area contributed by atoms with Crippen molar-refractivity contribution in [1.29, 1.82) is 0 Å². The van der Waals surface area contributed by atoms with Gasteiger partial charge in [-0.15, -0.1) is 0 Å². The number of fused-ring (bicyclic) bond motifs is 2. The van der Waals surface area contributed by atoms with E-state index in [1.54, 1.807) is 30.3 Å². The molecule has 6 rings (SSSR count). The van der Waals surface area contributed by atoms with E-state index in [-0.39, 0.29) is 11.3 Å². The second-order valence-electron chi connectivity index (χ2n) is 8.78. The van der Waals surface area contributed by atoms with Crippen LogP contribution in [0, 0.1) is 0 Å². The smallest absolute Gasteiger partial charge is 0.300 e. The first-order valence-corrected chi connectivity index (χ1v) is 11.9. The van der Waals surface area contributed by atoms with E-state index in [2.05, 4.69) is 0 Å². The van der Waals surface area contributed by atoms with Gasteiger partial charge in [-0.1, -0.05) is 90.5 Å². The number of aliphatic hydroxyl groups excluding tert-OH is 1. The monoisotopic (exact) mass is 489 g/mol. The minimum absolute atomic E-state index is 0.0570. The van der Waals surface area contributed by atoms with Crippen LogP contribution < -0.4 is 4.90 Å². The highest BCUT2D eigenvalue weighted by atomic mass is 35.5. The lowest BCUT2D eigenvalue weighted by Crippen LogP contribution is -2.29. The zero-order valence-corrected chi connectivity index (χ0v) is 19.8. The summed E-state index contributed by atoms with van der Waals surface area (Å²) in [6.45, 7) is 0. The lowest BCUT2D eigenvalue weighted by Gasteiger charge is -2.26. The van der Waals surface area contributed by atoms with Crippen LogP contribution in [0.15, 0.2) is 115 Å². The Bertz CT molecular complexity index is 1700. The molecule has 0 aromatic heterocycles. The molecule has 1 atom stereocenters. The number of rotatable bonds is 3. The summed E-state index contributed by atoms with van der Waals surface area (Å²) >= 11 is 6.10. The number of nitrogens with zero attached hydrogens (tertiary/aromatic N) is 1. The summed E-state index contributed by atoms with van der Waals surface area (Å²) in [6, 6.07) is 32.8. The lowest BCUT2D eigenvalue weighted by atomic mass is 9.91. The van der Waals surface area contributed by atoms with Crippen LogP contribution in [0.1, 0.15) is 17.2 Å². The number of carbonyl (C=O) groups is 2. The summed E-state index contributed by atoms with van der Waals surface area (Å²) in [5, 5.41) is 15.9. The highest BCUT2D eigenvalue weighted by Gasteiger charge is 2.47. The van der Waals surface area contributed by atoms with Crippen LogP contribution in [0.3, 0.4) is 0 Å². The molecule has 5 aromatic carbocycles. The van der Waals surface area contributed by atoms with E-state index < -0.39 is 17.7 Å². The molecule has 36 heavy (non-hydrogen) atoms. The number of halogens is 1. The van der Waals surface area contributed by atoms with Gasteiger partial charge in [-0.25, -0.2) is 0 Å². The molecule has 1 N–H and O–H groups in total. The van der Waals surface area contributed by atoms with Gasteiger partial charge in [-0.05, 0) is 57.4 Å². The van der Waals surface area contributed by atoms with Crippen LogP contribution >= 0.6 is 11.6 Å². The van der Waals surface area contributed by atoms with Crippen molar-refractivity contribution in [2.45, 2.75) is 6.04 Å². The molecular formula is C31H20ClNO3. The maximum Gasteiger partial charge on any atom is 0.300 e. The van der Waals surface area contributed by atoms with Gasteiger partial charge in [0, 0.05) is 16.3 Å². The first-order valence-electron chi connectivity index (χ1n) is 11.6. The van der Waals surface area contributed by atoms with Crippen LogP contribution in [0.25, 0.3) is 27.3 Å². The van der Waals surface area contributed by atoms with E-state index in [9.17, 15) is 14.7 Å². The molecule has 1 fully saturated rings. The highest BCUT2D eigenvalue weighted by molar-refractivity contribution is 6.52. The number of benzene rings is 5. The molecule has 0 bridgehead atoms. The maximum atomic E-state index is 13.5. The summed E-state index contributed by atoms with van der Waals surface area (Å²) in [4.78, 5) is 28.4. The number of hydrogen-bond donors (Lipinski definition) is 1. The quantitative estimate of drug-likeness (QED) is 0.165. The second-order valence-corrected chi connectivity index (χ2v) is 9.21. The van der Waals surface area contributed by atoms with Crippen molar-refractivity contribution in [2.24, 2.45) is 0 Å². The van der Waals surface area contributed by atoms with Gasteiger partial charge in [-0.2, -0.15) is 0 Å². The van der Waals surface area contributed by atoms with Crippen LogP contribution in [0.4, 0.5) is 5.69 Å². The molecule has 1 aliphatic rings. The minimum atomic E-state index is -0.816. The molecule has 174 valence electrons. The summed E-state index contributed by atoms with van der Waals surface area (Å²) in [7, 11) is 0. The van der Waals surface area contributed by atoms with Crippen LogP contribution in [-0.2, 0) is 9.59 Å². The van der Waals surface area contributed by atoms with Crippen molar-refractivity contribution in [1.82, 2.24) is 0 Å². The molecule has 0 saturated carbocycles. The Balaban J connectivity index is 1.63. The fourth-order valence-corrected chi connectivity index (χ4v) is 5.10. The Kier molecular flexibility index (Phi) is 5.32. The first-order chi connectivity index (χ1) is 17.5. The fourth-order valence-electron chi connectivity index (χ4n) is 4.98. The van der Waals surface area contributed by atoms with E-state index >= 15 is 0 Å². The number of anilines is 1. The molecule has 0 radical (unpaired) electrons. The number of amides is 1. The van der Waals surface area contributed by atoms with Gasteiger partial charge in [0.05, 0.1) is 11.6 Å². The Morgan fingerprint density at radius 1 is 0.722 bits per heavy atom. The molecule has 5 aromatic rings. The molecule has 0 spiro atoms. The molecule has 1 amide bonds. The van der Waals surface area contributed by atoms with E-state index in [1.807, 2.05) is 78.9 Å². The van der Waals surface area contributed by atoms with Gasteiger partial charge in [0.2, 0.25) is 0 Å². The summed E-state index contributed by atoms with van der Waals surface area (Å²) in [5.74, 6) is -1.63. The normalized spacial score (nSPS) is 17.2. The maximum absolute atomic E-state index is 13.5. The van der Waals surface area contributed by atoms with Gasteiger partial charge >= 0.3 is 0 Å². The Labute approximate surface area is 212 Å². The van der Waals surface area contributed by atoms with Crippen molar-refractivity contribution < 1.29 is 14.7 Å². The second kappa shape index (κ2) is 8.67. The molecule has 1 unspecified atom stereocenters. The van der Waals surface area contributed by atoms with E-state index in [0.29, 0.717) is 16.3 Å². The average molecular weight is 490 g/mol. The van der Waals surface area contributed by atoms with Gasteiger partial charge in [0.25, 0.3) is 11.7 Å². The zero-order valence-electron chi connectivity index (χ0n) is 19.1. The number of ketones is 1. The predicted molar refractivity (Wildman–Crippen MR) is 144 cm³/mol. The number of Topliss-reactive ketones (excluding diaryl/α,β-unsaturated/α-hetero) is 1. The van der Waals surface area contributed by atoms with E-state index in [1.165, 1.54) is 4.90 Å². The third kappa shape index (κ3) is 3.55. The average Bonchev–Trinajstić information content (AvgIpc) is 3.18. The largest absolute Gasteiger partial charge is 0.507 e. The predicted octanol–water partition coefficient (Wildman–Crippen LogP) is 7.27. The fraction of sp³-hybridized carbons (Fsp3) is 0.0323. The van der Waals surface area contributed by atoms with Crippen LogP contribution in [-0.4, -0.2) is 16.8 Å². The molecular weight excluding hydrogens is 470 g/mol. The van der Waals surface area contributed by atoms with Gasteiger partial charge in [-0.3, -0.25) is 14.5 Å². The summed E-state index contributed by atoms with van der Waals surface area (Å²) in [6.07, 6.45) is 0. The molecule has 5 heteroatoms. The number of carbonyl (C=O) groups excluding carboxylic acids is 2. The first kappa shape index (κ1) is 22.1. The van der Waals surface area contributed by atoms with Gasteiger partial charge < -0.3 is 5.11 Å². The van der Waals surface area contributed by atoms with Crippen LogP contribution in [0.5, 0.6) is 0 Å². The molecule has 4 nitrogen and oxygen atoms in total. The van der Waals surface area contributed by atoms with Gasteiger partial charge in [0.1, 0.15) is 5.76 Å². The van der Waals surface area contributed by atoms with Crippen molar-refractivity contribution in [3.05, 3.63) is 131 Å². The third-order valence-electron chi connectivity index (χ3n) is 6.69. The van der Waals surface area contributed by atoms with Crippen molar-refractivity contribution in [2.75, 3.05) is 4.90 Å². The number of hydrogen-bond acceptors (Lipinski definition) is 3. The van der Waals surface area contributed by atoms with Gasteiger partial charge in [0.15, 0.2) is 0 Å². The topological polar surface area (TPSA) is 57.6 Å². The lowest BCUT2D eigenvalue weighted by molar-refractivity contribution is -0.132. The highest BCUT2D eigenvalue weighted by Crippen LogP contribution is 2.44. The molecule has 1 heterocycles.